The first-order valence-corrected chi connectivity index (χ1v) is 7.63. The number of hydrogen-bond donors (Lipinski definition) is 1. The van der Waals surface area contributed by atoms with Gasteiger partial charge >= 0.3 is 11.9 Å². The third-order valence-electron chi connectivity index (χ3n) is 4.11. The lowest BCUT2D eigenvalue weighted by atomic mass is 10.0. The highest BCUT2D eigenvalue weighted by Gasteiger charge is 2.32. The molecule has 0 unspecified atom stereocenters. The number of aromatic amines is 1. The van der Waals surface area contributed by atoms with Crippen molar-refractivity contribution in [1.82, 2.24) is 9.90 Å². The highest BCUT2D eigenvalue weighted by molar-refractivity contribution is 5.38. The first kappa shape index (κ1) is 15.5. The van der Waals surface area contributed by atoms with Gasteiger partial charge in [-0.15, -0.1) is 17.9 Å². The van der Waals surface area contributed by atoms with Gasteiger partial charge in [0.15, 0.2) is 11.4 Å². The number of halogens is 3. The number of H-pyrrole nitrogens is 1. The fraction of sp³-hybridized carbons (Fsp3) is 0.176. The molecule has 0 saturated carbocycles. The van der Waals surface area contributed by atoms with Gasteiger partial charge in [-0.3, -0.25) is 0 Å². The molecule has 1 N–H and O–H groups in total. The molecular weight excluding hydrogens is 335 g/mol. The summed E-state index contributed by atoms with van der Waals surface area (Å²) in [5.74, 6) is -0.335. The Labute approximate surface area is 139 Å². The number of rotatable bonds is 2. The summed E-state index contributed by atoms with van der Waals surface area (Å²) in [7, 11) is 0. The van der Waals surface area contributed by atoms with Crippen LogP contribution in [0.5, 0.6) is 5.75 Å². The van der Waals surface area contributed by atoms with E-state index >= 15 is 0 Å². The van der Waals surface area contributed by atoms with Crippen LogP contribution in [-0.2, 0) is 12.8 Å². The first-order chi connectivity index (χ1) is 11.9. The molecule has 0 aliphatic carbocycles. The molecule has 128 valence electrons. The fourth-order valence-corrected chi connectivity index (χ4v) is 3.01. The molecule has 2 aromatic carbocycles. The minimum absolute atomic E-state index is 0.223. The Bertz CT molecular complexity index is 988. The van der Waals surface area contributed by atoms with E-state index in [-0.39, 0.29) is 11.3 Å². The van der Waals surface area contributed by atoms with Crippen LogP contribution in [0.15, 0.2) is 53.3 Å². The quantitative estimate of drug-likeness (QED) is 0.724. The molecular formula is C17H13F3N3O2+. The lowest BCUT2D eigenvalue weighted by molar-refractivity contribution is -0.671. The van der Waals surface area contributed by atoms with Crippen LogP contribution in [0, 0.1) is 0 Å². The average Bonchev–Trinajstić information content (AvgIpc) is 2.92. The number of fused-ring (bicyclic) bond motifs is 3. The number of para-hydroxylation sites is 1. The Morgan fingerprint density at radius 2 is 1.76 bits per heavy atom. The summed E-state index contributed by atoms with van der Waals surface area (Å²) < 4.78 is 43.6. The van der Waals surface area contributed by atoms with Crippen molar-refractivity contribution in [2.45, 2.75) is 19.2 Å². The van der Waals surface area contributed by atoms with Gasteiger partial charge in [-0.1, -0.05) is 28.1 Å². The molecule has 0 bridgehead atoms. The summed E-state index contributed by atoms with van der Waals surface area (Å²) in [5, 5.41) is 3.00. The van der Waals surface area contributed by atoms with E-state index in [1.807, 2.05) is 24.3 Å². The van der Waals surface area contributed by atoms with Gasteiger partial charge in [-0.2, -0.15) is 0 Å². The van der Waals surface area contributed by atoms with Gasteiger partial charge in [0.25, 0.3) is 0 Å². The van der Waals surface area contributed by atoms with Gasteiger partial charge < -0.3 is 4.74 Å². The van der Waals surface area contributed by atoms with E-state index in [0.717, 1.165) is 17.7 Å². The van der Waals surface area contributed by atoms with Crippen molar-refractivity contribution in [3.05, 3.63) is 70.1 Å². The second-order valence-electron chi connectivity index (χ2n) is 5.69. The predicted molar refractivity (Wildman–Crippen MR) is 82.0 cm³/mol. The Kier molecular flexibility index (Phi) is 3.41. The third-order valence-corrected chi connectivity index (χ3v) is 4.11. The molecule has 1 aliphatic heterocycles. The number of nitrogens with one attached hydrogen (secondary N) is 1. The monoisotopic (exact) mass is 348 g/mol. The van der Waals surface area contributed by atoms with Crippen LogP contribution in [-0.4, -0.2) is 16.3 Å². The molecule has 1 aromatic heterocycles. The molecule has 4 rings (SSSR count). The zero-order valence-electron chi connectivity index (χ0n) is 12.9. The highest BCUT2D eigenvalue weighted by Crippen LogP contribution is 2.23. The number of nitrogens with zero attached hydrogens (tertiary/aromatic N) is 2. The van der Waals surface area contributed by atoms with Gasteiger partial charge in [0, 0.05) is 12.0 Å². The van der Waals surface area contributed by atoms with E-state index < -0.39 is 6.36 Å². The van der Waals surface area contributed by atoms with Gasteiger partial charge in [0.1, 0.15) is 5.75 Å². The maximum atomic E-state index is 12.6. The molecule has 5 nitrogen and oxygen atoms in total. The molecule has 0 spiro atoms. The number of hydrogen-bond acceptors (Lipinski definition) is 2. The van der Waals surface area contributed by atoms with E-state index in [1.54, 1.807) is 4.68 Å². The van der Waals surface area contributed by atoms with Crippen LogP contribution in [0.4, 0.5) is 13.2 Å². The maximum Gasteiger partial charge on any atom is 0.573 e. The van der Waals surface area contributed by atoms with Gasteiger partial charge in [0.05, 0.1) is 0 Å². The Morgan fingerprint density at radius 1 is 1.04 bits per heavy atom. The van der Waals surface area contributed by atoms with Crippen LogP contribution in [0.2, 0.25) is 0 Å². The van der Waals surface area contributed by atoms with Gasteiger partial charge in [-0.25, -0.2) is 4.79 Å². The largest absolute Gasteiger partial charge is 0.573 e. The van der Waals surface area contributed by atoms with Crippen LogP contribution < -0.4 is 15.0 Å². The number of ether oxygens (including phenoxy) is 1. The van der Waals surface area contributed by atoms with Crippen molar-refractivity contribution in [2.24, 2.45) is 0 Å². The number of alkyl halides is 3. The molecule has 8 heteroatoms. The fourth-order valence-electron chi connectivity index (χ4n) is 3.01. The molecule has 1 aliphatic rings. The van der Waals surface area contributed by atoms with E-state index in [9.17, 15) is 18.0 Å². The van der Waals surface area contributed by atoms with Crippen LogP contribution in [0.3, 0.4) is 0 Å². The average molecular weight is 348 g/mol. The minimum atomic E-state index is -4.75. The van der Waals surface area contributed by atoms with E-state index in [2.05, 4.69) is 9.95 Å². The first-order valence-electron chi connectivity index (χ1n) is 7.63. The molecule has 0 atom stereocenters. The summed E-state index contributed by atoms with van der Waals surface area (Å²) in [5.41, 5.74) is 2.84. The number of aromatic nitrogens is 3. The van der Waals surface area contributed by atoms with E-state index in [1.165, 1.54) is 28.9 Å². The minimum Gasteiger partial charge on any atom is -0.406 e. The van der Waals surface area contributed by atoms with E-state index in [4.69, 9.17) is 0 Å². The number of benzene rings is 2. The van der Waals surface area contributed by atoms with Crippen molar-refractivity contribution in [3.63, 3.8) is 0 Å². The van der Waals surface area contributed by atoms with Gasteiger partial charge in [-0.05, 0) is 36.8 Å². The molecule has 0 radical (unpaired) electrons. The smallest absolute Gasteiger partial charge is 0.406 e. The summed E-state index contributed by atoms with van der Waals surface area (Å²) in [6, 6.07) is 12.9. The van der Waals surface area contributed by atoms with Crippen LogP contribution in [0.25, 0.3) is 11.4 Å². The van der Waals surface area contributed by atoms with Crippen molar-refractivity contribution in [2.75, 3.05) is 0 Å². The van der Waals surface area contributed by atoms with E-state index in [0.29, 0.717) is 17.8 Å². The third kappa shape index (κ3) is 2.79. The maximum absolute atomic E-state index is 12.6. The second kappa shape index (κ2) is 5.51. The standard InChI is InChI=1S/C17H12F3N3O2/c18-17(19,20)25-13-8-6-12(7-9-13)22-16(24)15-10-5-11-3-1-2-4-14(11)23(15)21-22/h1-4,6-9H,5,10H2/p+1. The Balaban J connectivity index is 1.74. The topological polar surface area (TPSA) is 50.9 Å². The normalized spacial score (nSPS) is 13.2. The molecule has 25 heavy (non-hydrogen) atoms. The van der Waals surface area contributed by atoms with Crippen molar-refractivity contribution < 1.29 is 22.6 Å². The molecule has 0 saturated heterocycles. The highest BCUT2D eigenvalue weighted by atomic mass is 19.4. The van der Waals surface area contributed by atoms with Crippen LogP contribution in [0.1, 0.15) is 11.3 Å². The summed E-state index contributed by atoms with van der Waals surface area (Å²) >= 11 is 0. The zero-order valence-corrected chi connectivity index (χ0v) is 12.9. The second-order valence-corrected chi connectivity index (χ2v) is 5.69. The van der Waals surface area contributed by atoms with Crippen molar-refractivity contribution >= 4 is 0 Å². The Hall–Kier alpha value is -3.03. The van der Waals surface area contributed by atoms with Crippen molar-refractivity contribution in [3.8, 4) is 17.1 Å². The van der Waals surface area contributed by atoms with Gasteiger partial charge in [0.2, 0.25) is 5.69 Å². The zero-order chi connectivity index (χ0) is 17.6. The molecule has 0 amide bonds. The van der Waals surface area contributed by atoms with Crippen molar-refractivity contribution in [1.29, 1.82) is 0 Å². The lowest BCUT2D eigenvalue weighted by Crippen LogP contribution is -2.42. The summed E-state index contributed by atoms with van der Waals surface area (Å²) in [4.78, 5) is 12.6. The van der Waals surface area contributed by atoms with Crippen LogP contribution >= 0.6 is 0 Å². The predicted octanol–water partition coefficient (Wildman–Crippen LogP) is 2.44. The number of aryl methyl sites for hydroxylation is 1. The molecule has 3 aromatic rings. The SMILES string of the molecule is O=c1c2[n+]([nH]n1-c1ccc(OC(F)(F)F)cc1)-c1ccccc1CC2. The Morgan fingerprint density at radius 3 is 2.48 bits per heavy atom. The summed E-state index contributed by atoms with van der Waals surface area (Å²) in [6.07, 6.45) is -3.39. The summed E-state index contributed by atoms with van der Waals surface area (Å²) in [6.45, 7) is 0. The molecule has 2 heterocycles. The lowest BCUT2D eigenvalue weighted by Gasteiger charge is -2.10. The molecule has 0 fully saturated rings.